The summed E-state index contributed by atoms with van der Waals surface area (Å²) < 4.78 is 5.21. The van der Waals surface area contributed by atoms with Crippen LogP contribution < -0.4 is 15.4 Å². The molecule has 0 fully saturated rings. The second-order valence-electron chi connectivity index (χ2n) is 5.75. The molecule has 26 heavy (non-hydrogen) atoms. The van der Waals surface area contributed by atoms with E-state index in [9.17, 15) is 4.79 Å². The van der Waals surface area contributed by atoms with Crippen molar-refractivity contribution in [2.75, 3.05) is 25.5 Å². The van der Waals surface area contributed by atoms with E-state index in [1.165, 1.54) is 0 Å². The Labute approximate surface area is 151 Å². The van der Waals surface area contributed by atoms with Crippen molar-refractivity contribution in [1.29, 1.82) is 0 Å². The maximum absolute atomic E-state index is 12.2. The number of H-pyrrole nitrogens is 1. The number of nitrogens with zero attached hydrogens (tertiary/aromatic N) is 2. The van der Waals surface area contributed by atoms with E-state index in [1.54, 1.807) is 19.4 Å². The zero-order valence-corrected chi connectivity index (χ0v) is 14.7. The zero-order valence-electron chi connectivity index (χ0n) is 14.7. The van der Waals surface area contributed by atoms with Gasteiger partial charge in [-0.3, -0.25) is 9.89 Å². The number of hydrogen-bond donors (Lipinski definition) is 3. The number of ether oxygens (including phenoxy) is 1. The highest BCUT2D eigenvalue weighted by molar-refractivity contribution is 5.93. The predicted molar refractivity (Wildman–Crippen MR) is 100 cm³/mol. The third-order valence-electron chi connectivity index (χ3n) is 3.90. The number of rotatable bonds is 7. The largest absolute Gasteiger partial charge is 0.497 e. The van der Waals surface area contributed by atoms with Crippen LogP contribution in [0.5, 0.6) is 5.75 Å². The van der Waals surface area contributed by atoms with Gasteiger partial charge in [0.2, 0.25) is 0 Å². The Kier molecular flexibility index (Phi) is 5.48. The number of carbonyl (C=O) groups is 1. The minimum atomic E-state index is -0.203. The van der Waals surface area contributed by atoms with Gasteiger partial charge in [-0.25, -0.2) is 4.98 Å². The number of aryl methyl sites for hydroxylation is 1. The molecule has 2 heterocycles. The molecule has 0 aliphatic carbocycles. The number of anilines is 1. The van der Waals surface area contributed by atoms with Crippen LogP contribution in [0.3, 0.4) is 0 Å². The van der Waals surface area contributed by atoms with Crippen molar-refractivity contribution in [1.82, 2.24) is 20.5 Å². The normalized spacial score (nSPS) is 10.4. The maximum atomic E-state index is 12.2. The van der Waals surface area contributed by atoms with Gasteiger partial charge in [-0.2, -0.15) is 5.10 Å². The van der Waals surface area contributed by atoms with Crippen molar-refractivity contribution in [3.05, 3.63) is 59.9 Å². The molecule has 1 aromatic carbocycles. The summed E-state index contributed by atoms with van der Waals surface area (Å²) in [7, 11) is 1.61. The topological polar surface area (TPSA) is 91.9 Å². The Morgan fingerprint density at radius 2 is 2.08 bits per heavy atom. The van der Waals surface area contributed by atoms with Crippen LogP contribution in [0.4, 0.5) is 5.82 Å². The SMILES string of the molecule is COc1cccc(-c2cc(C(=O)NCCNc3ncccc3C)[nH]n2)c1. The molecule has 7 heteroatoms. The Hall–Kier alpha value is -3.35. The van der Waals surface area contributed by atoms with Crippen molar-refractivity contribution >= 4 is 11.7 Å². The van der Waals surface area contributed by atoms with Crippen LogP contribution >= 0.6 is 0 Å². The van der Waals surface area contributed by atoms with E-state index in [4.69, 9.17) is 4.74 Å². The molecule has 0 unspecified atom stereocenters. The van der Waals surface area contributed by atoms with Gasteiger partial charge in [0.25, 0.3) is 5.91 Å². The summed E-state index contributed by atoms with van der Waals surface area (Å²) in [5.41, 5.74) is 3.05. The number of nitrogens with one attached hydrogen (secondary N) is 3. The molecule has 0 atom stereocenters. The molecule has 2 aromatic heterocycles. The Bertz CT molecular complexity index is 891. The zero-order chi connectivity index (χ0) is 18.4. The third kappa shape index (κ3) is 4.18. The first-order valence-corrected chi connectivity index (χ1v) is 8.31. The van der Waals surface area contributed by atoms with Gasteiger partial charge in [-0.05, 0) is 36.8 Å². The molecule has 3 N–H and O–H groups in total. The van der Waals surface area contributed by atoms with Crippen molar-refractivity contribution in [3.63, 3.8) is 0 Å². The van der Waals surface area contributed by atoms with Gasteiger partial charge in [0, 0.05) is 24.8 Å². The highest BCUT2D eigenvalue weighted by Gasteiger charge is 2.11. The Morgan fingerprint density at radius 1 is 1.19 bits per heavy atom. The quantitative estimate of drug-likeness (QED) is 0.569. The molecule has 0 saturated carbocycles. The molecule has 0 radical (unpaired) electrons. The van der Waals surface area contributed by atoms with Gasteiger partial charge in [0.15, 0.2) is 0 Å². The number of hydrogen-bond acceptors (Lipinski definition) is 5. The van der Waals surface area contributed by atoms with Crippen LogP contribution in [0, 0.1) is 6.92 Å². The lowest BCUT2D eigenvalue weighted by Crippen LogP contribution is -2.29. The second kappa shape index (κ2) is 8.15. The molecule has 3 aromatic rings. The number of aromatic nitrogens is 3. The fraction of sp³-hybridized carbons (Fsp3) is 0.211. The first-order chi connectivity index (χ1) is 12.7. The Balaban J connectivity index is 1.54. The number of methoxy groups -OCH3 is 1. The summed E-state index contributed by atoms with van der Waals surface area (Å²) in [5, 5.41) is 13.0. The Morgan fingerprint density at radius 3 is 2.88 bits per heavy atom. The summed E-state index contributed by atoms with van der Waals surface area (Å²) in [5.74, 6) is 1.36. The number of carbonyl (C=O) groups excluding carboxylic acids is 1. The van der Waals surface area contributed by atoms with E-state index in [0.29, 0.717) is 24.5 Å². The molecule has 7 nitrogen and oxygen atoms in total. The number of benzene rings is 1. The number of pyridine rings is 1. The van der Waals surface area contributed by atoms with Gasteiger partial charge in [-0.1, -0.05) is 18.2 Å². The van der Waals surface area contributed by atoms with Gasteiger partial charge in [0.1, 0.15) is 17.3 Å². The first-order valence-electron chi connectivity index (χ1n) is 8.31. The van der Waals surface area contributed by atoms with Crippen molar-refractivity contribution < 1.29 is 9.53 Å². The lowest BCUT2D eigenvalue weighted by molar-refractivity contribution is 0.0950. The van der Waals surface area contributed by atoms with Gasteiger partial charge >= 0.3 is 0 Å². The van der Waals surface area contributed by atoms with E-state index in [2.05, 4.69) is 25.8 Å². The van der Waals surface area contributed by atoms with E-state index in [1.807, 2.05) is 43.3 Å². The second-order valence-corrected chi connectivity index (χ2v) is 5.75. The predicted octanol–water partition coefficient (Wildman–Crippen LogP) is 2.63. The van der Waals surface area contributed by atoms with Crippen molar-refractivity contribution in [2.24, 2.45) is 0 Å². The van der Waals surface area contributed by atoms with Gasteiger partial charge in [-0.15, -0.1) is 0 Å². The average molecular weight is 351 g/mol. The van der Waals surface area contributed by atoms with Crippen LogP contribution in [0.25, 0.3) is 11.3 Å². The van der Waals surface area contributed by atoms with Gasteiger partial charge < -0.3 is 15.4 Å². The van der Waals surface area contributed by atoms with E-state index < -0.39 is 0 Å². The summed E-state index contributed by atoms with van der Waals surface area (Å²) in [6.45, 7) is 3.04. The van der Waals surface area contributed by atoms with Crippen molar-refractivity contribution in [3.8, 4) is 17.0 Å². The van der Waals surface area contributed by atoms with Crippen LogP contribution in [0.2, 0.25) is 0 Å². The molecular formula is C19H21N5O2. The summed E-state index contributed by atoms with van der Waals surface area (Å²) >= 11 is 0. The molecule has 3 rings (SSSR count). The highest BCUT2D eigenvalue weighted by Crippen LogP contribution is 2.22. The monoisotopic (exact) mass is 351 g/mol. The van der Waals surface area contributed by atoms with E-state index in [-0.39, 0.29) is 5.91 Å². The lowest BCUT2D eigenvalue weighted by Gasteiger charge is -2.08. The molecule has 0 aliphatic heterocycles. The first kappa shape index (κ1) is 17.5. The van der Waals surface area contributed by atoms with E-state index >= 15 is 0 Å². The van der Waals surface area contributed by atoms with Crippen LogP contribution in [-0.2, 0) is 0 Å². The number of amides is 1. The molecule has 0 bridgehead atoms. The fourth-order valence-corrected chi connectivity index (χ4v) is 2.49. The van der Waals surface area contributed by atoms with Crippen LogP contribution in [0.1, 0.15) is 16.1 Å². The molecule has 0 aliphatic rings. The summed E-state index contributed by atoms with van der Waals surface area (Å²) in [6.07, 6.45) is 1.73. The lowest BCUT2D eigenvalue weighted by atomic mass is 10.1. The minimum absolute atomic E-state index is 0.203. The fourth-order valence-electron chi connectivity index (χ4n) is 2.49. The summed E-state index contributed by atoms with van der Waals surface area (Å²) in [4.78, 5) is 16.5. The average Bonchev–Trinajstić information content (AvgIpc) is 3.17. The van der Waals surface area contributed by atoms with Crippen molar-refractivity contribution in [2.45, 2.75) is 6.92 Å². The smallest absolute Gasteiger partial charge is 0.269 e. The molecule has 0 saturated heterocycles. The molecular weight excluding hydrogens is 330 g/mol. The summed E-state index contributed by atoms with van der Waals surface area (Å²) in [6, 6.07) is 13.1. The maximum Gasteiger partial charge on any atom is 0.269 e. The number of aromatic amines is 1. The van der Waals surface area contributed by atoms with Crippen LogP contribution in [0.15, 0.2) is 48.7 Å². The minimum Gasteiger partial charge on any atom is -0.497 e. The van der Waals surface area contributed by atoms with Gasteiger partial charge in [0.05, 0.1) is 12.8 Å². The van der Waals surface area contributed by atoms with E-state index in [0.717, 1.165) is 22.7 Å². The molecule has 0 spiro atoms. The highest BCUT2D eigenvalue weighted by atomic mass is 16.5. The molecule has 1 amide bonds. The van der Waals surface area contributed by atoms with Crippen LogP contribution in [-0.4, -0.2) is 41.3 Å². The molecule has 134 valence electrons. The standard InChI is InChI=1S/C19H21N5O2/c1-13-5-4-8-20-18(13)21-9-10-22-19(25)17-12-16(23-24-17)14-6-3-7-15(11-14)26-2/h3-8,11-12H,9-10H2,1-2H3,(H,20,21)(H,22,25)(H,23,24). The third-order valence-corrected chi connectivity index (χ3v) is 3.90.